The molecule has 2 aromatic carbocycles. The SMILES string of the molecule is O=C(NCCc1ccc(F)cc1)C1CN(c2ccc(F)cc2)C(=O)N1. The van der Waals surface area contributed by atoms with Gasteiger partial charge >= 0.3 is 6.03 Å². The van der Waals surface area contributed by atoms with E-state index in [0.29, 0.717) is 18.7 Å². The number of nitrogens with zero attached hydrogens (tertiary/aromatic N) is 1. The van der Waals surface area contributed by atoms with Crippen LogP contribution in [0.2, 0.25) is 0 Å². The Hall–Kier alpha value is -2.96. The molecule has 5 nitrogen and oxygen atoms in total. The van der Waals surface area contributed by atoms with Crippen LogP contribution in [0.3, 0.4) is 0 Å². The maximum Gasteiger partial charge on any atom is 0.322 e. The van der Waals surface area contributed by atoms with Crippen molar-refractivity contribution in [3.63, 3.8) is 0 Å². The molecule has 0 bridgehead atoms. The number of anilines is 1. The average molecular weight is 345 g/mol. The van der Waals surface area contributed by atoms with Crippen molar-refractivity contribution in [2.45, 2.75) is 12.5 Å². The van der Waals surface area contributed by atoms with Gasteiger partial charge in [0, 0.05) is 12.2 Å². The molecule has 0 saturated carbocycles. The van der Waals surface area contributed by atoms with Crippen molar-refractivity contribution in [2.24, 2.45) is 0 Å². The van der Waals surface area contributed by atoms with Crippen LogP contribution in [-0.4, -0.2) is 31.1 Å². The van der Waals surface area contributed by atoms with Crippen LogP contribution in [0.15, 0.2) is 48.5 Å². The Labute approximate surface area is 143 Å². The molecule has 1 fully saturated rings. The highest BCUT2D eigenvalue weighted by atomic mass is 19.1. The van der Waals surface area contributed by atoms with Crippen LogP contribution in [0.25, 0.3) is 0 Å². The summed E-state index contributed by atoms with van der Waals surface area (Å²) in [5.74, 6) is -0.985. The molecule has 1 aliphatic heterocycles. The number of carbonyl (C=O) groups excluding carboxylic acids is 2. The molecule has 2 aromatic rings. The first-order chi connectivity index (χ1) is 12.0. The van der Waals surface area contributed by atoms with E-state index in [1.165, 1.54) is 41.3 Å². The van der Waals surface area contributed by atoms with Crippen LogP contribution in [0.5, 0.6) is 0 Å². The van der Waals surface area contributed by atoms with Gasteiger partial charge in [0.2, 0.25) is 5.91 Å². The molecular weight excluding hydrogens is 328 g/mol. The largest absolute Gasteiger partial charge is 0.354 e. The Kier molecular flexibility index (Phi) is 4.92. The van der Waals surface area contributed by atoms with Crippen molar-refractivity contribution < 1.29 is 18.4 Å². The van der Waals surface area contributed by atoms with Crippen LogP contribution in [-0.2, 0) is 11.2 Å². The van der Waals surface area contributed by atoms with E-state index in [0.717, 1.165) is 5.56 Å². The van der Waals surface area contributed by atoms with E-state index in [2.05, 4.69) is 10.6 Å². The number of benzene rings is 2. The minimum atomic E-state index is -0.675. The lowest BCUT2D eigenvalue weighted by Gasteiger charge is -2.14. The zero-order valence-electron chi connectivity index (χ0n) is 13.3. The molecule has 7 heteroatoms. The Morgan fingerprint density at radius 2 is 1.68 bits per heavy atom. The minimum Gasteiger partial charge on any atom is -0.354 e. The Bertz CT molecular complexity index is 763. The summed E-state index contributed by atoms with van der Waals surface area (Å²) >= 11 is 0. The molecule has 130 valence electrons. The van der Waals surface area contributed by atoms with Gasteiger partial charge in [-0.2, -0.15) is 0 Å². The molecule has 1 atom stereocenters. The molecule has 0 radical (unpaired) electrons. The van der Waals surface area contributed by atoms with Crippen LogP contribution in [0.1, 0.15) is 5.56 Å². The lowest BCUT2D eigenvalue weighted by atomic mass is 10.1. The molecule has 1 unspecified atom stereocenters. The highest BCUT2D eigenvalue weighted by molar-refractivity contribution is 6.00. The quantitative estimate of drug-likeness (QED) is 0.873. The van der Waals surface area contributed by atoms with Crippen molar-refractivity contribution in [2.75, 3.05) is 18.0 Å². The molecule has 1 aliphatic rings. The van der Waals surface area contributed by atoms with E-state index in [1.807, 2.05) is 0 Å². The Balaban J connectivity index is 1.52. The number of amides is 3. The molecule has 25 heavy (non-hydrogen) atoms. The second kappa shape index (κ2) is 7.29. The zero-order valence-corrected chi connectivity index (χ0v) is 13.3. The van der Waals surface area contributed by atoms with E-state index in [-0.39, 0.29) is 18.3 Å². The van der Waals surface area contributed by atoms with Gasteiger partial charge in [0.15, 0.2) is 0 Å². The monoisotopic (exact) mass is 345 g/mol. The molecular formula is C18H17F2N3O2. The summed E-state index contributed by atoms with van der Waals surface area (Å²) in [6.07, 6.45) is 0.564. The first-order valence-electron chi connectivity index (χ1n) is 7.89. The third-order valence-electron chi connectivity index (χ3n) is 3.99. The van der Waals surface area contributed by atoms with Gasteiger partial charge in [-0.05, 0) is 48.4 Å². The van der Waals surface area contributed by atoms with Crippen LogP contribution in [0.4, 0.5) is 19.3 Å². The predicted molar refractivity (Wildman–Crippen MR) is 89.2 cm³/mol. The van der Waals surface area contributed by atoms with Crippen LogP contribution >= 0.6 is 0 Å². The van der Waals surface area contributed by atoms with Crippen LogP contribution < -0.4 is 15.5 Å². The average Bonchev–Trinajstić information content (AvgIpc) is 2.99. The van der Waals surface area contributed by atoms with E-state index in [1.54, 1.807) is 12.1 Å². The number of rotatable bonds is 5. The first-order valence-corrected chi connectivity index (χ1v) is 7.89. The first kappa shape index (κ1) is 16.9. The number of hydrogen-bond acceptors (Lipinski definition) is 2. The van der Waals surface area contributed by atoms with Crippen molar-refractivity contribution in [1.29, 1.82) is 0 Å². The summed E-state index contributed by atoms with van der Waals surface area (Å²) in [6, 6.07) is 10.5. The maximum atomic E-state index is 13.0. The predicted octanol–water partition coefficient (Wildman–Crippen LogP) is 2.22. The van der Waals surface area contributed by atoms with Crippen molar-refractivity contribution >= 4 is 17.6 Å². The fraction of sp³-hybridized carbons (Fsp3) is 0.222. The second-order valence-electron chi connectivity index (χ2n) is 5.76. The van der Waals surface area contributed by atoms with Crippen LogP contribution in [0, 0.1) is 11.6 Å². The molecule has 0 aliphatic carbocycles. The maximum absolute atomic E-state index is 13.0. The van der Waals surface area contributed by atoms with Gasteiger partial charge < -0.3 is 10.6 Å². The van der Waals surface area contributed by atoms with Gasteiger partial charge in [-0.1, -0.05) is 12.1 Å². The second-order valence-corrected chi connectivity index (χ2v) is 5.76. The summed E-state index contributed by atoms with van der Waals surface area (Å²) in [7, 11) is 0. The standard InChI is InChI=1S/C18H17F2N3O2/c19-13-3-1-12(2-4-13)9-10-21-17(24)16-11-23(18(25)22-16)15-7-5-14(20)6-8-15/h1-8,16H,9-11H2,(H,21,24)(H,22,25). The van der Waals surface area contributed by atoms with Gasteiger partial charge in [0.05, 0.1) is 6.54 Å². The Morgan fingerprint density at radius 1 is 1.08 bits per heavy atom. The van der Waals surface area contributed by atoms with E-state index < -0.39 is 17.9 Å². The van der Waals surface area contributed by atoms with Gasteiger partial charge in [0.1, 0.15) is 17.7 Å². The van der Waals surface area contributed by atoms with Gasteiger partial charge in [-0.3, -0.25) is 9.69 Å². The minimum absolute atomic E-state index is 0.173. The summed E-state index contributed by atoms with van der Waals surface area (Å²) in [4.78, 5) is 25.6. The van der Waals surface area contributed by atoms with Crippen molar-refractivity contribution in [1.82, 2.24) is 10.6 Å². The molecule has 2 N–H and O–H groups in total. The fourth-order valence-corrected chi connectivity index (χ4v) is 2.63. The van der Waals surface area contributed by atoms with Gasteiger partial charge in [-0.15, -0.1) is 0 Å². The highest BCUT2D eigenvalue weighted by Gasteiger charge is 2.34. The van der Waals surface area contributed by atoms with E-state index >= 15 is 0 Å². The topological polar surface area (TPSA) is 61.4 Å². The fourth-order valence-electron chi connectivity index (χ4n) is 2.63. The van der Waals surface area contributed by atoms with Crippen molar-refractivity contribution in [3.05, 3.63) is 65.7 Å². The number of hydrogen-bond donors (Lipinski definition) is 2. The lowest BCUT2D eigenvalue weighted by molar-refractivity contribution is -0.122. The third kappa shape index (κ3) is 4.12. The summed E-state index contributed by atoms with van der Waals surface area (Å²) in [5.41, 5.74) is 1.44. The summed E-state index contributed by atoms with van der Waals surface area (Å²) in [5, 5.41) is 5.36. The van der Waals surface area contributed by atoms with Gasteiger partial charge in [-0.25, -0.2) is 13.6 Å². The van der Waals surface area contributed by atoms with Crippen molar-refractivity contribution in [3.8, 4) is 0 Å². The number of carbonyl (C=O) groups is 2. The normalized spacial score (nSPS) is 16.6. The molecule has 3 rings (SSSR count). The third-order valence-corrected chi connectivity index (χ3v) is 3.99. The highest BCUT2D eigenvalue weighted by Crippen LogP contribution is 2.18. The van der Waals surface area contributed by atoms with Gasteiger partial charge in [0.25, 0.3) is 0 Å². The number of halogens is 2. The molecule has 1 heterocycles. The molecule has 0 spiro atoms. The summed E-state index contributed by atoms with van der Waals surface area (Å²) < 4.78 is 25.8. The molecule has 1 saturated heterocycles. The molecule has 0 aromatic heterocycles. The zero-order chi connectivity index (χ0) is 17.8. The lowest BCUT2D eigenvalue weighted by Crippen LogP contribution is -2.43. The number of nitrogens with one attached hydrogen (secondary N) is 2. The molecule has 3 amide bonds. The smallest absolute Gasteiger partial charge is 0.322 e. The Morgan fingerprint density at radius 3 is 2.32 bits per heavy atom. The summed E-state index contributed by atoms with van der Waals surface area (Å²) in [6.45, 7) is 0.556. The van der Waals surface area contributed by atoms with E-state index in [4.69, 9.17) is 0 Å². The van der Waals surface area contributed by atoms with E-state index in [9.17, 15) is 18.4 Å². The number of urea groups is 1.